The van der Waals surface area contributed by atoms with E-state index < -0.39 is 17.8 Å². The van der Waals surface area contributed by atoms with E-state index in [4.69, 9.17) is 5.26 Å². The summed E-state index contributed by atoms with van der Waals surface area (Å²) in [6.07, 6.45) is 0.0259. The van der Waals surface area contributed by atoms with Crippen molar-refractivity contribution in [3.63, 3.8) is 0 Å². The fraction of sp³-hybridized carbons (Fsp3) is 0.750. The van der Waals surface area contributed by atoms with Crippen molar-refractivity contribution >= 4 is 12.2 Å². The smallest absolute Gasteiger partial charge is 0.237 e. The van der Waals surface area contributed by atoms with Crippen molar-refractivity contribution in [2.45, 2.75) is 44.4 Å². The van der Waals surface area contributed by atoms with Crippen molar-refractivity contribution < 1.29 is 14.0 Å². The summed E-state index contributed by atoms with van der Waals surface area (Å²) < 4.78 is 13.2. The lowest BCUT2D eigenvalue weighted by Crippen LogP contribution is -2.47. The number of likely N-dealkylation sites (tertiary alicyclic amines) is 1. The van der Waals surface area contributed by atoms with Gasteiger partial charge in [-0.2, -0.15) is 5.26 Å². The van der Waals surface area contributed by atoms with Gasteiger partial charge in [-0.25, -0.2) is 4.39 Å². The number of alkyl halides is 1. The Morgan fingerprint density at radius 1 is 1.67 bits per heavy atom. The van der Waals surface area contributed by atoms with Crippen molar-refractivity contribution in [3.05, 3.63) is 0 Å². The number of nitrogens with one attached hydrogen (secondary N) is 1. The molecule has 1 rings (SSSR count). The van der Waals surface area contributed by atoms with Crippen LogP contribution in [0.2, 0.25) is 0 Å². The number of carbonyl (C=O) groups is 2. The van der Waals surface area contributed by atoms with Gasteiger partial charge in [0.05, 0.1) is 19.2 Å². The van der Waals surface area contributed by atoms with Gasteiger partial charge >= 0.3 is 0 Å². The van der Waals surface area contributed by atoms with Gasteiger partial charge in [0.25, 0.3) is 0 Å². The van der Waals surface area contributed by atoms with Gasteiger partial charge in [0.2, 0.25) is 5.91 Å². The van der Waals surface area contributed by atoms with Crippen LogP contribution in [0.5, 0.6) is 0 Å². The van der Waals surface area contributed by atoms with E-state index >= 15 is 0 Å². The van der Waals surface area contributed by atoms with E-state index in [1.165, 1.54) is 4.90 Å². The molecule has 0 aromatic heterocycles. The Bertz CT molecular complexity index is 365. The first-order valence-electron chi connectivity index (χ1n) is 5.91. The van der Waals surface area contributed by atoms with Crippen LogP contribution in [-0.2, 0) is 9.59 Å². The Hall–Kier alpha value is -1.48. The first-order chi connectivity index (χ1) is 8.39. The van der Waals surface area contributed by atoms with Crippen molar-refractivity contribution in [1.29, 1.82) is 5.26 Å². The van der Waals surface area contributed by atoms with Gasteiger partial charge in [0, 0.05) is 18.4 Å². The highest BCUT2D eigenvalue weighted by Crippen LogP contribution is 2.19. The number of aldehydes is 1. The second-order valence-corrected chi connectivity index (χ2v) is 5.13. The average molecular weight is 255 g/mol. The maximum Gasteiger partial charge on any atom is 0.237 e. The molecular weight excluding hydrogens is 237 g/mol. The molecule has 1 saturated heterocycles. The zero-order chi connectivity index (χ0) is 13.8. The van der Waals surface area contributed by atoms with Crippen LogP contribution < -0.4 is 5.32 Å². The maximum absolute atomic E-state index is 13.2. The van der Waals surface area contributed by atoms with Crippen LogP contribution in [-0.4, -0.2) is 47.9 Å². The van der Waals surface area contributed by atoms with Crippen LogP contribution in [0, 0.1) is 11.3 Å². The van der Waals surface area contributed by atoms with E-state index in [1.54, 1.807) is 13.8 Å². The molecule has 6 heteroatoms. The highest BCUT2D eigenvalue weighted by Gasteiger charge is 2.35. The van der Waals surface area contributed by atoms with E-state index in [9.17, 15) is 14.0 Å². The molecule has 0 aromatic rings. The van der Waals surface area contributed by atoms with Gasteiger partial charge in [-0.15, -0.1) is 0 Å². The monoisotopic (exact) mass is 255 g/mol. The first-order valence-corrected chi connectivity index (χ1v) is 5.91. The number of carbonyl (C=O) groups excluding carboxylic acids is 2. The van der Waals surface area contributed by atoms with E-state index in [0.717, 1.165) is 6.29 Å². The number of hydrogen-bond donors (Lipinski definition) is 1. The number of amides is 1. The minimum Gasteiger partial charge on any atom is -0.323 e. The molecule has 2 atom stereocenters. The Labute approximate surface area is 106 Å². The molecule has 1 aliphatic heterocycles. The van der Waals surface area contributed by atoms with Gasteiger partial charge in [-0.05, 0) is 13.8 Å². The minimum atomic E-state index is -1.12. The van der Waals surface area contributed by atoms with Crippen molar-refractivity contribution in [1.82, 2.24) is 10.2 Å². The fourth-order valence-corrected chi connectivity index (χ4v) is 1.88. The molecule has 1 N–H and O–H groups in total. The van der Waals surface area contributed by atoms with Gasteiger partial charge in [0.1, 0.15) is 18.5 Å². The van der Waals surface area contributed by atoms with Gasteiger partial charge < -0.3 is 15.0 Å². The van der Waals surface area contributed by atoms with Crippen LogP contribution in [0.1, 0.15) is 26.7 Å². The molecule has 18 heavy (non-hydrogen) atoms. The second kappa shape index (κ2) is 5.91. The summed E-state index contributed by atoms with van der Waals surface area (Å²) in [5.74, 6) is -0.305. The van der Waals surface area contributed by atoms with Crippen LogP contribution in [0.25, 0.3) is 0 Å². The van der Waals surface area contributed by atoms with Gasteiger partial charge in [-0.1, -0.05) is 0 Å². The van der Waals surface area contributed by atoms with E-state index in [-0.39, 0.29) is 31.8 Å². The molecule has 1 aliphatic rings. The number of nitrogens with zero attached hydrogens (tertiary/aromatic N) is 2. The summed E-state index contributed by atoms with van der Waals surface area (Å²) in [6, 6.07) is 1.25. The normalized spacial score (nSPS) is 23.8. The predicted molar refractivity (Wildman–Crippen MR) is 63.4 cm³/mol. The second-order valence-electron chi connectivity index (χ2n) is 5.13. The molecule has 100 valence electrons. The molecule has 0 aliphatic carbocycles. The first kappa shape index (κ1) is 14.6. The third kappa shape index (κ3) is 3.77. The number of nitriles is 1. The van der Waals surface area contributed by atoms with Gasteiger partial charge in [0.15, 0.2) is 0 Å². The molecule has 5 nitrogen and oxygen atoms in total. The third-order valence-corrected chi connectivity index (χ3v) is 3.03. The molecule has 1 amide bonds. The molecule has 0 radical (unpaired) electrons. The molecule has 0 aromatic carbocycles. The van der Waals surface area contributed by atoms with Crippen LogP contribution in [0.4, 0.5) is 4.39 Å². The third-order valence-electron chi connectivity index (χ3n) is 3.03. The van der Waals surface area contributed by atoms with Crippen LogP contribution in [0.3, 0.4) is 0 Å². The number of hydrogen-bond acceptors (Lipinski definition) is 4. The lowest BCUT2D eigenvalue weighted by Gasteiger charge is -2.26. The Balaban J connectivity index is 2.51. The van der Waals surface area contributed by atoms with E-state index in [2.05, 4.69) is 5.32 Å². The minimum absolute atomic E-state index is 0.00569. The van der Waals surface area contributed by atoms with E-state index in [0.29, 0.717) is 0 Å². The molecule has 1 heterocycles. The summed E-state index contributed by atoms with van der Waals surface area (Å²) in [4.78, 5) is 23.6. The SMILES string of the molecule is CC(C)(CC=O)NCC(=O)N1C[C@@H](F)C[C@H]1C#N. The zero-order valence-electron chi connectivity index (χ0n) is 10.6. The van der Waals surface area contributed by atoms with Crippen molar-refractivity contribution in [2.24, 2.45) is 0 Å². The number of halogens is 1. The average Bonchev–Trinajstić information content (AvgIpc) is 2.67. The number of rotatable bonds is 5. The molecule has 0 unspecified atom stereocenters. The quantitative estimate of drug-likeness (QED) is 0.722. The molecule has 0 spiro atoms. The van der Waals surface area contributed by atoms with Crippen LogP contribution in [0.15, 0.2) is 0 Å². The standard InChI is InChI=1S/C12H18FN3O2/c1-12(2,3-4-17)15-7-11(18)16-8-9(13)5-10(16)6-14/h4,9-10,15H,3,5,7-8H2,1-2H3/t9-,10-/m0/s1. The highest BCUT2D eigenvalue weighted by molar-refractivity contribution is 5.79. The van der Waals surface area contributed by atoms with Crippen LogP contribution >= 0.6 is 0 Å². The summed E-state index contributed by atoms with van der Waals surface area (Å²) in [7, 11) is 0. The Morgan fingerprint density at radius 3 is 2.89 bits per heavy atom. The molecule has 0 bridgehead atoms. The van der Waals surface area contributed by atoms with Crippen molar-refractivity contribution in [3.8, 4) is 6.07 Å². The maximum atomic E-state index is 13.2. The zero-order valence-corrected chi connectivity index (χ0v) is 10.6. The fourth-order valence-electron chi connectivity index (χ4n) is 1.88. The summed E-state index contributed by atoms with van der Waals surface area (Å²) >= 11 is 0. The highest BCUT2D eigenvalue weighted by atomic mass is 19.1. The molecular formula is C12H18FN3O2. The molecule has 1 fully saturated rings. The summed E-state index contributed by atoms with van der Waals surface area (Å²) in [5, 5.41) is 11.8. The summed E-state index contributed by atoms with van der Waals surface area (Å²) in [5.41, 5.74) is -0.478. The largest absolute Gasteiger partial charge is 0.323 e. The summed E-state index contributed by atoms with van der Waals surface area (Å²) in [6.45, 7) is 3.59. The van der Waals surface area contributed by atoms with E-state index in [1.807, 2.05) is 6.07 Å². The van der Waals surface area contributed by atoms with Crippen molar-refractivity contribution in [2.75, 3.05) is 13.1 Å². The lowest BCUT2D eigenvalue weighted by molar-refractivity contribution is -0.130. The Kier molecular flexibility index (Phi) is 4.79. The van der Waals surface area contributed by atoms with Gasteiger partial charge in [-0.3, -0.25) is 4.79 Å². The predicted octanol–water partition coefficient (Wildman–Crippen LogP) is 0.406. The Morgan fingerprint density at radius 2 is 2.33 bits per heavy atom. The lowest BCUT2D eigenvalue weighted by atomic mass is 10.0. The topological polar surface area (TPSA) is 73.2 Å². The molecule has 0 saturated carbocycles.